The highest BCUT2D eigenvalue weighted by Gasteiger charge is 2.02. The number of amides is 1. The van der Waals surface area contributed by atoms with Crippen LogP contribution < -0.4 is 15.8 Å². The number of benzene rings is 1. The van der Waals surface area contributed by atoms with Gasteiger partial charge in [-0.3, -0.25) is 4.79 Å². The Bertz CT molecular complexity index is 393. The smallest absolute Gasteiger partial charge is 0.258 e. The van der Waals surface area contributed by atoms with Crippen molar-refractivity contribution in [2.75, 3.05) is 52.7 Å². The van der Waals surface area contributed by atoms with E-state index in [9.17, 15) is 4.79 Å². The lowest BCUT2D eigenvalue weighted by Gasteiger charge is -2.10. The highest BCUT2D eigenvalue weighted by Crippen LogP contribution is 2.12. The molecule has 0 saturated heterocycles. The van der Waals surface area contributed by atoms with Crippen molar-refractivity contribution in [3.63, 3.8) is 0 Å². The van der Waals surface area contributed by atoms with Crippen LogP contribution in [0.15, 0.2) is 24.3 Å². The number of hydrogen-bond donors (Lipinski definition) is 2. The van der Waals surface area contributed by atoms with Crippen LogP contribution in [0.4, 0.5) is 5.69 Å². The van der Waals surface area contributed by atoms with E-state index in [1.54, 1.807) is 24.3 Å². The Balaban J connectivity index is 2.04. The molecule has 0 bridgehead atoms. The molecule has 3 N–H and O–H groups in total. The van der Waals surface area contributed by atoms with E-state index in [0.717, 1.165) is 6.54 Å². The largest absolute Gasteiger partial charge is 0.484 e. The quantitative estimate of drug-likeness (QED) is 0.504. The lowest BCUT2D eigenvalue weighted by molar-refractivity contribution is -0.123. The van der Waals surface area contributed by atoms with Crippen LogP contribution in [-0.2, 0) is 9.53 Å². The van der Waals surface area contributed by atoms with Crippen LogP contribution in [0.1, 0.15) is 0 Å². The zero-order valence-corrected chi connectivity index (χ0v) is 12.1. The van der Waals surface area contributed by atoms with Gasteiger partial charge in [0.2, 0.25) is 0 Å². The van der Waals surface area contributed by atoms with Gasteiger partial charge in [0.15, 0.2) is 6.61 Å². The van der Waals surface area contributed by atoms with Gasteiger partial charge in [-0.2, -0.15) is 0 Å². The van der Waals surface area contributed by atoms with Crippen molar-refractivity contribution in [1.29, 1.82) is 0 Å². The lowest BCUT2D eigenvalue weighted by atomic mass is 10.3. The van der Waals surface area contributed by atoms with E-state index in [4.69, 9.17) is 15.2 Å². The summed E-state index contributed by atoms with van der Waals surface area (Å²) in [5, 5.41) is 2.73. The van der Waals surface area contributed by atoms with E-state index in [1.165, 1.54) is 0 Å². The Hall–Kier alpha value is -1.79. The number of nitrogens with zero attached hydrogens (tertiary/aromatic N) is 1. The summed E-state index contributed by atoms with van der Waals surface area (Å²) in [6.45, 7) is 2.50. The molecule has 1 rings (SSSR count). The molecule has 0 fully saturated rings. The molecular weight excluding hydrogens is 258 g/mol. The number of rotatable bonds is 9. The Kier molecular flexibility index (Phi) is 7.46. The predicted molar refractivity (Wildman–Crippen MR) is 78.7 cm³/mol. The number of nitrogen functional groups attached to an aromatic ring is 1. The minimum absolute atomic E-state index is 0.0123. The summed E-state index contributed by atoms with van der Waals surface area (Å²) in [5.74, 6) is 0.453. The summed E-state index contributed by atoms with van der Waals surface area (Å²) in [6.07, 6.45) is 0. The van der Waals surface area contributed by atoms with Gasteiger partial charge in [-0.05, 0) is 38.4 Å². The first-order valence-electron chi connectivity index (χ1n) is 6.55. The van der Waals surface area contributed by atoms with Crippen LogP contribution in [0.2, 0.25) is 0 Å². The van der Waals surface area contributed by atoms with E-state index in [1.807, 2.05) is 19.0 Å². The maximum absolute atomic E-state index is 11.5. The van der Waals surface area contributed by atoms with E-state index >= 15 is 0 Å². The summed E-state index contributed by atoms with van der Waals surface area (Å²) < 4.78 is 10.7. The van der Waals surface area contributed by atoms with Gasteiger partial charge in [0, 0.05) is 18.8 Å². The Morgan fingerprint density at radius 1 is 1.25 bits per heavy atom. The summed E-state index contributed by atoms with van der Waals surface area (Å²) in [5.41, 5.74) is 6.22. The first kappa shape index (κ1) is 16.3. The van der Waals surface area contributed by atoms with Gasteiger partial charge in [0.05, 0.1) is 13.2 Å². The number of carbonyl (C=O) groups is 1. The molecule has 0 spiro atoms. The Morgan fingerprint density at radius 2 is 1.95 bits per heavy atom. The molecule has 0 atom stereocenters. The summed E-state index contributed by atoms with van der Waals surface area (Å²) in [4.78, 5) is 13.5. The van der Waals surface area contributed by atoms with Gasteiger partial charge < -0.3 is 25.4 Å². The van der Waals surface area contributed by atoms with Crippen molar-refractivity contribution < 1.29 is 14.3 Å². The molecule has 0 radical (unpaired) electrons. The number of anilines is 1. The monoisotopic (exact) mass is 281 g/mol. The highest BCUT2D eigenvalue weighted by molar-refractivity contribution is 5.77. The van der Waals surface area contributed by atoms with Crippen molar-refractivity contribution in [2.45, 2.75) is 0 Å². The lowest BCUT2D eigenvalue weighted by Crippen LogP contribution is -2.32. The fourth-order valence-electron chi connectivity index (χ4n) is 1.38. The van der Waals surface area contributed by atoms with Gasteiger partial charge in [0.1, 0.15) is 5.75 Å². The molecule has 6 heteroatoms. The summed E-state index contributed by atoms with van der Waals surface area (Å²) in [7, 11) is 3.97. The molecule has 0 aromatic heterocycles. The zero-order valence-electron chi connectivity index (χ0n) is 12.1. The minimum Gasteiger partial charge on any atom is -0.484 e. The molecule has 0 aliphatic rings. The van der Waals surface area contributed by atoms with Gasteiger partial charge in [-0.1, -0.05) is 0 Å². The van der Waals surface area contributed by atoms with Crippen molar-refractivity contribution in [3.8, 4) is 5.75 Å². The van der Waals surface area contributed by atoms with E-state index in [2.05, 4.69) is 5.32 Å². The fourth-order valence-corrected chi connectivity index (χ4v) is 1.38. The number of hydrogen-bond acceptors (Lipinski definition) is 5. The predicted octanol–water partition coefficient (Wildman–Crippen LogP) is 0.342. The molecule has 0 aliphatic heterocycles. The van der Waals surface area contributed by atoms with Crippen molar-refractivity contribution in [1.82, 2.24) is 10.2 Å². The molecule has 1 amide bonds. The highest BCUT2D eigenvalue weighted by atomic mass is 16.5. The van der Waals surface area contributed by atoms with Crippen LogP contribution in [0.5, 0.6) is 5.75 Å². The van der Waals surface area contributed by atoms with E-state index < -0.39 is 0 Å². The van der Waals surface area contributed by atoms with Crippen LogP contribution in [0, 0.1) is 0 Å². The number of ether oxygens (including phenoxy) is 2. The van der Waals surface area contributed by atoms with Gasteiger partial charge in [0.25, 0.3) is 5.91 Å². The maximum atomic E-state index is 11.5. The third-order valence-electron chi connectivity index (χ3n) is 2.50. The minimum atomic E-state index is -0.168. The third kappa shape index (κ3) is 7.60. The van der Waals surface area contributed by atoms with E-state index in [-0.39, 0.29) is 12.5 Å². The van der Waals surface area contributed by atoms with Gasteiger partial charge >= 0.3 is 0 Å². The van der Waals surface area contributed by atoms with Gasteiger partial charge in [-0.15, -0.1) is 0 Å². The number of carbonyl (C=O) groups excluding carboxylic acids is 1. The summed E-state index contributed by atoms with van der Waals surface area (Å²) >= 11 is 0. The molecule has 112 valence electrons. The number of likely N-dealkylation sites (N-methyl/N-ethyl adjacent to an activating group) is 1. The summed E-state index contributed by atoms with van der Waals surface area (Å²) in [6, 6.07) is 6.91. The average Bonchev–Trinajstić information content (AvgIpc) is 2.41. The molecule has 20 heavy (non-hydrogen) atoms. The van der Waals surface area contributed by atoms with Crippen molar-refractivity contribution in [3.05, 3.63) is 24.3 Å². The van der Waals surface area contributed by atoms with E-state index in [0.29, 0.717) is 31.2 Å². The number of nitrogens with one attached hydrogen (secondary N) is 1. The van der Waals surface area contributed by atoms with Crippen molar-refractivity contribution in [2.24, 2.45) is 0 Å². The van der Waals surface area contributed by atoms with Crippen LogP contribution >= 0.6 is 0 Å². The van der Waals surface area contributed by atoms with Crippen LogP contribution in [0.25, 0.3) is 0 Å². The average molecular weight is 281 g/mol. The Morgan fingerprint density at radius 3 is 2.60 bits per heavy atom. The molecule has 0 saturated carbocycles. The van der Waals surface area contributed by atoms with Crippen molar-refractivity contribution >= 4 is 11.6 Å². The number of nitrogens with two attached hydrogens (primary N) is 1. The van der Waals surface area contributed by atoms with Gasteiger partial charge in [-0.25, -0.2) is 0 Å². The Labute approximate surface area is 119 Å². The topological polar surface area (TPSA) is 76.8 Å². The van der Waals surface area contributed by atoms with Crippen LogP contribution in [0.3, 0.4) is 0 Å². The standard InChI is InChI=1S/C14H23N3O3/c1-17(2)8-10-19-9-7-16-14(18)11-20-13-5-3-12(15)4-6-13/h3-6H,7-11,15H2,1-2H3,(H,16,18). The molecule has 0 unspecified atom stereocenters. The normalized spacial score (nSPS) is 10.6. The second-order valence-corrected chi connectivity index (χ2v) is 4.62. The second-order valence-electron chi connectivity index (χ2n) is 4.62. The first-order chi connectivity index (χ1) is 9.58. The third-order valence-corrected chi connectivity index (χ3v) is 2.50. The maximum Gasteiger partial charge on any atom is 0.258 e. The molecule has 1 aromatic rings. The first-order valence-corrected chi connectivity index (χ1v) is 6.55. The van der Waals surface area contributed by atoms with Crippen LogP contribution in [-0.4, -0.2) is 57.8 Å². The zero-order chi connectivity index (χ0) is 14.8. The SMILES string of the molecule is CN(C)CCOCCNC(=O)COc1ccc(N)cc1. The second kappa shape index (κ2) is 9.17. The fraction of sp³-hybridized carbons (Fsp3) is 0.500. The molecule has 6 nitrogen and oxygen atoms in total. The molecular formula is C14H23N3O3. The molecule has 1 aromatic carbocycles. The molecule has 0 heterocycles. The molecule has 0 aliphatic carbocycles.